The van der Waals surface area contributed by atoms with Crippen LogP contribution in [0.15, 0.2) is 12.1 Å². The van der Waals surface area contributed by atoms with Crippen LogP contribution in [0.2, 0.25) is 0 Å². The van der Waals surface area contributed by atoms with E-state index in [1.54, 1.807) is 0 Å². The standard InChI is InChI=1S/C8H6F3NO3/c1-4-5(9)2-3-6(15-8(10)11)7(4)12(13)14/h2-3,8H,1H3. The molecule has 1 rings (SSSR count). The lowest BCUT2D eigenvalue weighted by molar-refractivity contribution is -0.387. The molecule has 0 atom stereocenters. The zero-order chi connectivity index (χ0) is 11.6. The molecule has 0 amide bonds. The van der Waals surface area contributed by atoms with Gasteiger partial charge in [0.05, 0.1) is 10.5 Å². The Bertz CT molecular complexity index is 395. The number of ether oxygens (including phenoxy) is 1. The van der Waals surface area contributed by atoms with E-state index in [1.165, 1.54) is 0 Å². The van der Waals surface area contributed by atoms with Crippen molar-refractivity contribution in [1.82, 2.24) is 0 Å². The van der Waals surface area contributed by atoms with E-state index in [0.29, 0.717) is 0 Å². The molecule has 15 heavy (non-hydrogen) atoms. The number of halogens is 3. The summed E-state index contributed by atoms with van der Waals surface area (Å²) in [5, 5.41) is 10.5. The fourth-order valence-electron chi connectivity index (χ4n) is 1.07. The molecule has 0 aromatic heterocycles. The minimum atomic E-state index is -3.19. The summed E-state index contributed by atoms with van der Waals surface area (Å²) < 4.78 is 40.5. The Kier molecular flexibility index (Phi) is 3.13. The van der Waals surface area contributed by atoms with Gasteiger partial charge in [-0.05, 0) is 19.1 Å². The minimum absolute atomic E-state index is 0.335. The van der Waals surface area contributed by atoms with Crippen molar-refractivity contribution in [3.8, 4) is 5.75 Å². The summed E-state index contributed by atoms with van der Waals surface area (Å²) in [6, 6.07) is 1.63. The van der Waals surface area contributed by atoms with Crippen molar-refractivity contribution in [2.24, 2.45) is 0 Å². The lowest BCUT2D eigenvalue weighted by atomic mass is 10.2. The molecule has 82 valence electrons. The number of benzene rings is 1. The van der Waals surface area contributed by atoms with Crippen molar-refractivity contribution in [1.29, 1.82) is 0 Å². The minimum Gasteiger partial charge on any atom is -0.427 e. The van der Waals surface area contributed by atoms with Crippen molar-refractivity contribution in [2.75, 3.05) is 0 Å². The van der Waals surface area contributed by atoms with Crippen LogP contribution in [-0.2, 0) is 0 Å². The maximum atomic E-state index is 12.9. The van der Waals surface area contributed by atoms with Crippen LogP contribution in [0.4, 0.5) is 18.9 Å². The van der Waals surface area contributed by atoms with Gasteiger partial charge in [-0.2, -0.15) is 8.78 Å². The first kappa shape index (κ1) is 11.3. The van der Waals surface area contributed by atoms with E-state index in [-0.39, 0.29) is 5.56 Å². The van der Waals surface area contributed by atoms with E-state index in [1.807, 2.05) is 0 Å². The van der Waals surface area contributed by atoms with Crippen molar-refractivity contribution in [3.63, 3.8) is 0 Å². The van der Waals surface area contributed by atoms with Gasteiger partial charge >= 0.3 is 12.3 Å². The average molecular weight is 221 g/mol. The van der Waals surface area contributed by atoms with Crippen molar-refractivity contribution in [2.45, 2.75) is 13.5 Å². The fourth-order valence-corrected chi connectivity index (χ4v) is 1.07. The Morgan fingerprint density at radius 3 is 2.53 bits per heavy atom. The van der Waals surface area contributed by atoms with E-state index >= 15 is 0 Å². The number of rotatable bonds is 3. The average Bonchev–Trinajstić information content (AvgIpc) is 2.10. The van der Waals surface area contributed by atoms with Crippen LogP contribution in [0.25, 0.3) is 0 Å². The molecule has 0 spiro atoms. The summed E-state index contributed by atoms with van der Waals surface area (Å²) in [5.74, 6) is -1.49. The molecular weight excluding hydrogens is 215 g/mol. The summed E-state index contributed by atoms with van der Waals surface area (Å²) in [6.07, 6.45) is 0. The van der Waals surface area contributed by atoms with E-state index < -0.39 is 28.8 Å². The van der Waals surface area contributed by atoms with E-state index in [9.17, 15) is 23.3 Å². The number of hydrogen-bond donors (Lipinski definition) is 0. The normalized spacial score (nSPS) is 10.5. The molecule has 0 N–H and O–H groups in total. The van der Waals surface area contributed by atoms with Crippen molar-refractivity contribution in [3.05, 3.63) is 33.6 Å². The molecule has 1 aromatic rings. The first-order chi connectivity index (χ1) is 6.93. The predicted octanol–water partition coefficient (Wildman–Crippen LogP) is 2.64. The van der Waals surface area contributed by atoms with Crippen LogP contribution in [-0.4, -0.2) is 11.5 Å². The quantitative estimate of drug-likeness (QED) is 0.582. The molecule has 0 aliphatic carbocycles. The Hall–Kier alpha value is -1.79. The van der Waals surface area contributed by atoms with Gasteiger partial charge in [0.25, 0.3) is 0 Å². The van der Waals surface area contributed by atoms with Gasteiger partial charge in [0, 0.05) is 0 Å². The molecule has 0 aliphatic heterocycles. The molecule has 0 heterocycles. The molecular formula is C8H6F3NO3. The summed E-state index contributed by atoms with van der Waals surface area (Å²) in [5.41, 5.74) is -1.12. The van der Waals surface area contributed by atoms with Crippen LogP contribution >= 0.6 is 0 Å². The summed E-state index contributed by atoms with van der Waals surface area (Å²) in [6.45, 7) is -2.07. The van der Waals surface area contributed by atoms with E-state index in [0.717, 1.165) is 19.1 Å². The Morgan fingerprint density at radius 1 is 1.47 bits per heavy atom. The number of nitrogens with zero attached hydrogens (tertiary/aromatic N) is 1. The van der Waals surface area contributed by atoms with Gasteiger partial charge in [0.1, 0.15) is 5.82 Å². The number of nitro benzene ring substituents is 1. The van der Waals surface area contributed by atoms with Crippen LogP contribution in [0.1, 0.15) is 5.56 Å². The highest BCUT2D eigenvalue weighted by atomic mass is 19.3. The lowest BCUT2D eigenvalue weighted by Crippen LogP contribution is -2.06. The number of alkyl halides is 2. The zero-order valence-corrected chi connectivity index (χ0v) is 7.54. The third-order valence-electron chi connectivity index (χ3n) is 1.73. The molecule has 0 aliphatic rings. The third-order valence-corrected chi connectivity index (χ3v) is 1.73. The van der Waals surface area contributed by atoms with Gasteiger partial charge in [-0.15, -0.1) is 0 Å². The maximum Gasteiger partial charge on any atom is 0.387 e. The van der Waals surface area contributed by atoms with Gasteiger partial charge in [0.15, 0.2) is 0 Å². The second-order valence-corrected chi connectivity index (χ2v) is 2.65. The van der Waals surface area contributed by atoms with E-state index in [2.05, 4.69) is 4.74 Å². The predicted molar refractivity (Wildman–Crippen MR) is 44.4 cm³/mol. The molecule has 0 unspecified atom stereocenters. The number of nitro groups is 1. The topological polar surface area (TPSA) is 52.4 Å². The fraction of sp³-hybridized carbons (Fsp3) is 0.250. The van der Waals surface area contributed by atoms with E-state index in [4.69, 9.17) is 0 Å². The van der Waals surface area contributed by atoms with Crippen LogP contribution in [0, 0.1) is 22.9 Å². The maximum absolute atomic E-state index is 12.9. The van der Waals surface area contributed by atoms with Gasteiger partial charge in [-0.3, -0.25) is 10.1 Å². The first-order valence-corrected chi connectivity index (χ1v) is 3.81. The molecule has 4 nitrogen and oxygen atoms in total. The zero-order valence-electron chi connectivity index (χ0n) is 7.54. The molecule has 0 bridgehead atoms. The smallest absolute Gasteiger partial charge is 0.387 e. The molecule has 7 heteroatoms. The highest BCUT2D eigenvalue weighted by molar-refractivity contribution is 5.52. The van der Waals surface area contributed by atoms with Gasteiger partial charge in [-0.25, -0.2) is 4.39 Å². The monoisotopic (exact) mass is 221 g/mol. The Labute approximate surface area is 82.4 Å². The second-order valence-electron chi connectivity index (χ2n) is 2.65. The van der Waals surface area contributed by atoms with Gasteiger partial charge in [-0.1, -0.05) is 0 Å². The summed E-state index contributed by atoms with van der Waals surface area (Å²) in [4.78, 5) is 9.53. The largest absolute Gasteiger partial charge is 0.427 e. The lowest BCUT2D eigenvalue weighted by Gasteiger charge is -2.06. The molecule has 0 fully saturated rings. The highest BCUT2D eigenvalue weighted by Crippen LogP contribution is 2.32. The summed E-state index contributed by atoms with van der Waals surface area (Å²) in [7, 11) is 0. The molecule has 0 saturated heterocycles. The molecule has 0 saturated carbocycles. The van der Waals surface area contributed by atoms with Crippen LogP contribution in [0.3, 0.4) is 0 Å². The summed E-state index contributed by atoms with van der Waals surface area (Å²) >= 11 is 0. The van der Waals surface area contributed by atoms with Crippen molar-refractivity contribution < 1.29 is 22.8 Å². The molecule has 1 aromatic carbocycles. The number of hydrogen-bond acceptors (Lipinski definition) is 3. The third kappa shape index (κ3) is 2.36. The van der Waals surface area contributed by atoms with Crippen molar-refractivity contribution >= 4 is 5.69 Å². The Morgan fingerprint density at radius 2 is 2.07 bits per heavy atom. The first-order valence-electron chi connectivity index (χ1n) is 3.81. The highest BCUT2D eigenvalue weighted by Gasteiger charge is 2.23. The molecule has 0 radical (unpaired) electrons. The second kappa shape index (κ2) is 4.16. The van der Waals surface area contributed by atoms with Gasteiger partial charge in [0.2, 0.25) is 5.75 Å². The van der Waals surface area contributed by atoms with Gasteiger partial charge < -0.3 is 4.74 Å². The SMILES string of the molecule is Cc1c(F)ccc(OC(F)F)c1[N+](=O)[O-]. The van der Waals surface area contributed by atoms with Crippen LogP contribution < -0.4 is 4.74 Å². The Balaban J connectivity index is 3.27. The van der Waals surface area contributed by atoms with Crippen LogP contribution in [0.5, 0.6) is 5.75 Å².